The molecule has 1 aromatic carbocycles. The van der Waals surface area contributed by atoms with Gasteiger partial charge in [-0.25, -0.2) is 0 Å². The Labute approximate surface area is 124 Å². The first-order valence-corrected chi connectivity index (χ1v) is 7.37. The van der Waals surface area contributed by atoms with E-state index in [1.165, 1.54) is 0 Å². The van der Waals surface area contributed by atoms with Crippen LogP contribution in [0.5, 0.6) is 0 Å². The van der Waals surface area contributed by atoms with E-state index in [4.69, 9.17) is 11.6 Å². The molecule has 20 heavy (non-hydrogen) atoms. The number of amides is 2. The maximum atomic E-state index is 12.2. The number of rotatable bonds is 5. The van der Waals surface area contributed by atoms with E-state index in [9.17, 15) is 9.59 Å². The smallest absolute Gasteiger partial charge is 0.234 e. The van der Waals surface area contributed by atoms with Gasteiger partial charge < -0.3 is 10.2 Å². The summed E-state index contributed by atoms with van der Waals surface area (Å²) in [6.07, 6.45) is 1.38. The molecular formula is C15H19ClN2O2. The molecule has 1 aliphatic rings. The van der Waals surface area contributed by atoms with Gasteiger partial charge in [0.25, 0.3) is 0 Å². The fraction of sp³-hybridized carbons (Fsp3) is 0.467. The van der Waals surface area contributed by atoms with Crippen molar-refractivity contribution < 1.29 is 9.59 Å². The van der Waals surface area contributed by atoms with Gasteiger partial charge in [0.1, 0.15) is 5.88 Å². The van der Waals surface area contributed by atoms with E-state index in [2.05, 4.69) is 5.32 Å². The third-order valence-corrected chi connectivity index (χ3v) is 3.79. The molecule has 1 aliphatic heterocycles. The van der Waals surface area contributed by atoms with Gasteiger partial charge >= 0.3 is 0 Å². The Morgan fingerprint density at radius 2 is 2.05 bits per heavy atom. The zero-order valence-electron chi connectivity index (χ0n) is 11.3. The lowest BCUT2D eigenvalue weighted by atomic mass is 10.1. The number of nitrogens with zero attached hydrogens (tertiary/aromatic N) is 1. The third-order valence-electron chi connectivity index (χ3n) is 3.55. The topological polar surface area (TPSA) is 49.4 Å². The first-order chi connectivity index (χ1) is 9.69. The summed E-state index contributed by atoms with van der Waals surface area (Å²) in [5, 5.41) is 2.77. The summed E-state index contributed by atoms with van der Waals surface area (Å²) in [7, 11) is 0. The van der Waals surface area contributed by atoms with Crippen molar-refractivity contribution in [1.82, 2.24) is 10.2 Å². The molecule has 1 atom stereocenters. The molecule has 1 saturated heterocycles. The molecule has 0 aliphatic carbocycles. The van der Waals surface area contributed by atoms with Crippen LogP contribution in [0.2, 0.25) is 0 Å². The van der Waals surface area contributed by atoms with Gasteiger partial charge in [-0.1, -0.05) is 30.3 Å². The molecule has 108 valence electrons. The van der Waals surface area contributed by atoms with E-state index in [1.807, 2.05) is 35.2 Å². The largest absolute Gasteiger partial charge is 0.355 e. The van der Waals surface area contributed by atoms with Crippen LogP contribution in [0.3, 0.4) is 0 Å². The lowest BCUT2D eigenvalue weighted by Crippen LogP contribution is -2.34. The van der Waals surface area contributed by atoms with Crippen LogP contribution in [0.15, 0.2) is 30.3 Å². The van der Waals surface area contributed by atoms with Gasteiger partial charge in [-0.05, 0) is 17.9 Å². The molecule has 1 fully saturated rings. The average molecular weight is 295 g/mol. The molecule has 2 rings (SSSR count). The highest BCUT2D eigenvalue weighted by molar-refractivity contribution is 6.27. The highest BCUT2D eigenvalue weighted by Gasteiger charge is 2.26. The lowest BCUT2D eigenvalue weighted by molar-refractivity contribution is -0.129. The summed E-state index contributed by atoms with van der Waals surface area (Å²) in [6, 6.07) is 9.76. The number of hydrogen-bond donors (Lipinski definition) is 1. The minimum Gasteiger partial charge on any atom is -0.355 e. The Balaban J connectivity index is 1.77. The van der Waals surface area contributed by atoms with Crippen LogP contribution in [0.25, 0.3) is 0 Å². The number of alkyl halides is 1. The van der Waals surface area contributed by atoms with Crippen LogP contribution < -0.4 is 5.32 Å². The van der Waals surface area contributed by atoms with Gasteiger partial charge in [-0.15, -0.1) is 11.6 Å². The minimum atomic E-state index is -0.152. The normalized spacial score (nSPS) is 18.1. The Morgan fingerprint density at radius 1 is 1.30 bits per heavy atom. The Bertz CT molecular complexity index is 464. The van der Waals surface area contributed by atoms with Crippen LogP contribution in [-0.2, 0) is 16.0 Å². The number of carbonyl (C=O) groups excluding carboxylic acids is 2. The Hall–Kier alpha value is -1.55. The standard InChI is InChI=1S/C15H19ClN2O2/c16-9-14(19)17-10-13-6-7-18(11-13)15(20)8-12-4-2-1-3-5-12/h1-5,13H,6-11H2,(H,17,19). The second-order valence-electron chi connectivity index (χ2n) is 5.09. The second-order valence-corrected chi connectivity index (χ2v) is 5.36. The molecule has 1 heterocycles. The van der Waals surface area contributed by atoms with Gasteiger partial charge in [-0.3, -0.25) is 9.59 Å². The highest BCUT2D eigenvalue weighted by atomic mass is 35.5. The number of likely N-dealkylation sites (tertiary alicyclic amines) is 1. The zero-order chi connectivity index (χ0) is 14.4. The van der Waals surface area contributed by atoms with Crippen molar-refractivity contribution in [3.05, 3.63) is 35.9 Å². The van der Waals surface area contributed by atoms with Gasteiger partial charge in [0.15, 0.2) is 0 Å². The molecule has 0 saturated carbocycles. The van der Waals surface area contributed by atoms with Crippen molar-refractivity contribution in [2.45, 2.75) is 12.8 Å². The lowest BCUT2D eigenvalue weighted by Gasteiger charge is -2.17. The molecular weight excluding hydrogens is 276 g/mol. The summed E-state index contributed by atoms with van der Waals surface area (Å²) >= 11 is 5.43. The van der Waals surface area contributed by atoms with Crippen molar-refractivity contribution >= 4 is 23.4 Å². The van der Waals surface area contributed by atoms with Crippen molar-refractivity contribution in [3.63, 3.8) is 0 Å². The third kappa shape index (κ3) is 4.23. The van der Waals surface area contributed by atoms with Crippen LogP contribution in [0, 0.1) is 5.92 Å². The summed E-state index contributed by atoms with van der Waals surface area (Å²) in [4.78, 5) is 25.2. The van der Waals surface area contributed by atoms with Crippen molar-refractivity contribution in [2.75, 3.05) is 25.5 Å². The molecule has 5 heteroatoms. The number of benzene rings is 1. The first-order valence-electron chi connectivity index (χ1n) is 6.83. The van der Waals surface area contributed by atoms with Crippen LogP contribution in [-0.4, -0.2) is 42.2 Å². The molecule has 0 bridgehead atoms. The first kappa shape index (κ1) is 14.9. The van der Waals surface area contributed by atoms with E-state index < -0.39 is 0 Å². The zero-order valence-corrected chi connectivity index (χ0v) is 12.1. The minimum absolute atomic E-state index is 0.0105. The molecule has 1 aromatic rings. The summed E-state index contributed by atoms with van der Waals surface area (Å²) < 4.78 is 0. The van der Waals surface area contributed by atoms with E-state index in [0.29, 0.717) is 25.4 Å². The predicted octanol–water partition coefficient (Wildman–Crippen LogP) is 1.43. The summed E-state index contributed by atoms with van der Waals surface area (Å²) in [5.74, 6) is 0.327. The molecule has 4 nitrogen and oxygen atoms in total. The molecule has 0 aromatic heterocycles. The quantitative estimate of drug-likeness (QED) is 0.835. The molecule has 0 radical (unpaired) electrons. The number of halogens is 1. The number of carbonyl (C=O) groups is 2. The van der Waals surface area contributed by atoms with E-state index in [0.717, 1.165) is 18.5 Å². The maximum absolute atomic E-state index is 12.2. The SMILES string of the molecule is O=C(CCl)NCC1CCN(C(=O)Cc2ccccc2)C1. The van der Waals surface area contributed by atoms with Gasteiger partial charge in [0.05, 0.1) is 6.42 Å². The fourth-order valence-corrected chi connectivity index (χ4v) is 2.51. The van der Waals surface area contributed by atoms with Crippen molar-refractivity contribution in [2.24, 2.45) is 5.92 Å². The monoisotopic (exact) mass is 294 g/mol. The van der Waals surface area contributed by atoms with Gasteiger partial charge in [0, 0.05) is 19.6 Å². The molecule has 0 spiro atoms. The Morgan fingerprint density at radius 3 is 2.75 bits per heavy atom. The van der Waals surface area contributed by atoms with Gasteiger partial charge in [0.2, 0.25) is 11.8 Å². The Kier molecular flexibility index (Phi) is 5.41. The number of hydrogen-bond acceptors (Lipinski definition) is 2. The fourth-order valence-electron chi connectivity index (χ4n) is 2.41. The van der Waals surface area contributed by atoms with Gasteiger partial charge in [-0.2, -0.15) is 0 Å². The highest BCUT2D eigenvalue weighted by Crippen LogP contribution is 2.16. The summed E-state index contributed by atoms with van der Waals surface area (Å²) in [6.45, 7) is 2.09. The number of nitrogens with one attached hydrogen (secondary N) is 1. The van der Waals surface area contributed by atoms with E-state index in [-0.39, 0.29) is 17.7 Å². The summed E-state index contributed by atoms with van der Waals surface area (Å²) in [5.41, 5.74) is 1.04. The molecule has 1 unspecified atom stereocenters. The van der Waals surface area contributed by atoms with Crippen LogP contribution in [0.1, 0.15) is 12.0 Å². The molecule has 2 amide bonds. The maximum Gasteiger partial charge on any atom is 0.234 e. The molecule has 1 N–H and O–H groups in total. The van der Waals surface area contributed by atoms with Crippen molar-refractivity contribution in [3.8, 4) is 0 Å². The second kappa shape index (κ2) is 7.29. The van der Waals surface area contributed by atoms with Crippen molar-refractivity contribution in [1.29, 1.82) is 0 Å². The van der Waals surface area contributed by atoms with E-state index >= 15 is 0 Å². The van der Waals surface area contributed by atoms with Crippen LogP contribution >= 0.6 is 11.6 Å². The average Bonchev–Trinajstić information content (AvgIpc) is 2.95. The predicted molar refractivity (Wildman–Crippen MR) is 78.6 cm³/mol. The van der Waals surface area contributed by atoms with E-state index in [1.54, 1.807) is 0 Å². The van der Waals surface area contributed by atoms with Crippen LogP contribution in [0.4, 0.5) is 0 Å².